The number of aliphatic hydroxyl groups excluding tert-OH is 1. The van der Waals surface area contributed by atoms with Gasteiger partial charge < -0.3 is 5.11 Å². The number of piperidine rings is 3. The Balaban J connectivity index is 1.81. The number of rotatable bonds is 1. The maximum atomic E-state index is 10.1. The van der Waals surface area contributed by atoms with Crippen molar-refractivity contribution in [1.29, 1.82) is 0 Å². The topological polar surface area (TPSA) is 23.5 Å². The Labute approximate surface area is 104 Å². The number of hydrogen-bond acceptors (Lipinski definition) is 2. The van der Waals surface area contributed by atoms with Crippen LogP contribution in [0.3, 0.4) is 0 Å². The minimum absolute atomic E-state index is 0.166. The van der Waals surface area contributed by atoms with Gasteiger partial charge in [-0.3, -0.25) is 9.38 Å². The van der Waals surface area contributed by atoms with Crippen LogP contribution in [0.1, 0.15) is 19.8 Å². The highest BCUT2D eigenvalue weighted by molar-refractivity contribution is 4.95. The molecular formula is C14H25N2O+. The van der Waals surface area contributed by atoms with Crippen molar-refractivity contribution in [2.45, 2.75) is 31.9 Å². The molecule has 0 spiro atoms. The Hall–Kier alpha value is -0.380. The third kappa shape index (κ3) is 1.94. The van der Waals surface area contributed by atoms with Crippen molar-refractivity contribution in [3.05, 3.63) is 12.3 Å². The van der Waals surface area contributed by atoms with Crippen LogP contribution in [0.5, 0.6) is 0 Å². The fraction of sp³-hybridized carbons (Fsp3) is 0.857. The van der Waals surface area contributed by atoms with Gasteiger partial charge in [0.05, 0.1) is 19.8 Å². The number of likely N-dealkylation sites (N-methyl/N-ethyl adjacent to an activating group) is 1. The van der Waals surface area contributed by atoms with E-state index < -0.39 is 0 Å². The van der Waals surface area contributed by atoms with Gasteiger partial charge in [-0.15, -0.1) is 0 Å². The summed E-state index contributed by atoms with van der Waals surface area (Å²) in [5.41, 5.74) is 0. The number of fused-ring (bicyclic) bond motifs is 3. The average Bonchev–Trinajstić information content (AvgIpc) is 2.36. The molecule has 0 aromatic rings. The van der Waals surface area contributed by atoms with E-state index in [9.17, 15) is 5.11 Å². The Morgan fingerprint density at radius 2 is 2.00 bits per heavy atom. The first-order valence-corrected chi connectivity index (χ1v) is 7.03. The minimum Gasteiger partial charge on any atom is -0.387 e. The number of quaternary nitrogens is 1. The Kier molecular flexibility index (Phi) is 2.80. The number of hydrogen-bond donors (Lipinski definition) is 1. The summed E-state index contributed by atoms with van der Waals surface area (Å²) in [5, 5.41) is 10.1. The van der Waals surface area contributed by atoms with Crippen LogP contribution in [0.15, 0.2) is 12.3 Å². The molecule has 96 valence electrons. The van der Waals surface area contributed by atoms with Gasteiger partial charge in [0.2, 0.25) is 0 Å². The molecule has 3 fully saturated rings. The Morgan fingerprint density at radius 3 is 2.53 bits per heavy atom. The monoisotopic (exact) mass is 237 g/mol. The zero-order valence-electron chi connectivity index (χ0n) is 11.0. The predicted molar refractivity (Wildman–Crippen MR) is 68.3 cm³/mol. The molecule has 3 heteroatoms. The number of nitrogens with zero attached hydrogens (tertiary/aromatic N) is 2. The summed E-state index contributed by atoms with van der Waals surface area (Å²) in [6.45, 7) is 6.83. The van der Waals surface area contributed by atoms with Gasteiger partial charge in [-0.25, -0.2) is 0 Å². The van der Waals surface area contributed by atoms with Crippen LogP contribution in [-0.2, 0) is 0 Å². The van der Waals surface area contributed by atoms with Crippen molar-refractivity contribution in [2.75, 3.05) is 33.2 Å². The molecule has 4 atom stereocenters. The van der Waals surface area contributed by atoms with E-state index in [4.69, 9.17) is 0 Å². The van der Waals surface area contributed by atoms with Crippen LogP contribution >= 0.6 is 0 Å². The normalized spacial score (nSPS) is 53.9. The molecule has 0 aliphatic carbocycles. The van der Waals surface area contributed by atoms with Gasteiger partial charge in [-0.1, -0.05) is 6.92 Å². The largest absolute Gasteiger partial charge is 0.387 e. The third-order valence-corrected chi connectivity index (χ3v) is 5.30. The summed E-state index contributed by atoms with van der Waals surface area (Å²) >= 11 is 0. The van der Waals surface area contributed by atoms with E-state index in [1.807, 2.05) is 0 Å². The molecule has 4 aliphatic heterocycles. The summed E-state index contributed by atoms with van der Waals surface area (Å²) in [7, 11) is 2.30. The standard InChI is InChI=1S/C14H25N2O/c1-11-5-8-16(2,10-14(11)17)13-9-15-6-3-12(13)4-7-15/h5,8,11-14,17H,3-4,6-7,9-10H2,1-2H3/q+1. The van der Waals surface area contributed by atoms with Crippen LogP contribution in [0.2, 0.25) is 0 Å². The second-order valence-corrected chi connectivity index (χ2v) is 6.50. The SMILES string of the molecule is CC1C=C[N+](C)(C2CN3CCC2CC3)CC1O. The molecule has 17 heavy (non-hydrogen) atoms. The van der Waals surface area contributed by atoms with E-state index in [2.05, 4.69) is 31.1 Å². The van der Waals surface area contributed by atoms with E-state index in [0.717, 1.165) is 16.9 Å². The van der Waals surface area contributed by atoms with Crippen molar-refractivity contribution < 1.29 is 9.59 Å². The Morgan fingerprint density at radius 1 is 1.29 bits per heavy atom. The van der Waals surface area contributed by atoms with Gasteiger partial charge in [0.15, 0.2) is 0 Å². The molecule has 4 aliphatic rings. The summed E-state index contributed by atoms with van der Waals surface area (Å²) in [6.07, 6.45) is 7.12. The molecule has 4 rings (SSSR count). The van der Waals surface area contributed by atoms with E-state index in [-0.39, 0.29) is 6.10 Å². The van der Waals surface area contributed by atoms with E-state index in [0.29, 0.717) is 12.0 Å². The summed E-state index contributed by atoms with van der Waals surface area (Å²) in [4.78, 5) is 2.60. The first-order valence-electron chi connectivity index (χ1n) is 7.03. The molecule has 3 saturated heterocycles. The molecule has 0 aromatic heterocycles. The van der Waals surface area contributed by atoms with Gasteiger partial charge >= 0.3 is 0 Å². The summed E-state index contributed by atoms with van der Waals surface area (Å²) in [5.74, 6) is 1.19. The van der Waals surface area contributed by atoms with Gasteiger partial charge in [0, 0.05) is 11.8 Å². The highest BCUT2D eigenvalue weighted by atomic mass is 16.3. The smallest absolute Gasteiger partial charge is 0.110 e. The molecule has 0 amide bonds. The highest BCUT2D eigenvalue weighted by Crippen LogP contribution is 2.36. The fourth-order valence-corrected chi connectivity index (χ4v) is 3.94. The zero-order valence-corrected chi connectivity index (χ0v) is 11.0. The molecule has 0 aromatic carbocycles. The van der Waals surface area contributed by atoms with Crippen molar-refractivity contribution in [2.24, 2.45) is 11.8 Å². The summed E-state index contributed by atoms with van der Waals surface area (Å²) < 4.78 is 0.951. The van der Waals surface area contributed by atoms with Gasteiger partial charge in [0.25, 0.3) is 0 Å². The molecule has 2 bridgehead atoms. The first-order chi connectivity index (χ1) is 8.08. The molecule has 3 nitrogen and oxygen atoms in total. The van der Waals surface area contributed by atoms with Crippen LogP contribution in [0.25, 0.3) is 0 Å². The lowest BCUT2D eigenvalue weighted by atomic mass is 9.81. The second kappa shape index (κ2) is 4.08. The number of aliphatic hydroxyl groups is 1. The van der Waals surface area contributed by atoms with E-state index >= 15 is 0 Å². The van der Waals surface area contributed by atoms with Crippen LogP contribution in [-0.4, -0.2) is 59.9 Å². The van der Waals surface area contributed by atoms with E-state index in [1.54, 1.807) is 0 Å². The van der Waals surface area contributed by atoms with Gasteiger partial charge in [0.1, 0.15) is 18.7 Å². The molecule has 0 saturated carbocycles. The van der Waals surface area contributed by atoms with Crippen LogP contribution in [0, 0.1) is 11.8 Å². The van der Waals surface area contributed by atoms with Crippen molar-refractivity contribution in [3.8, 4) is 0 Å². The van der Waals surface area contributed by atoms with Gasteiger partial charge in [-0.05, 0) is 32.0 Å². The molecular weight excluding hydrogens is 212 g/mol. The fourth-order valence-electron chi connectivity index (χ4n) is 3.94. The minimum atomic E-state index is -0.166. The maximum absolute atomic E-state index is 10.1. The quantitative estimate of drug-likeness (QED) is 0.689. The summed E-state index contributed by atoms with van der Waals surface area (Å²) in [6, 6.07) is 0.705. The van der Waals surface area contributed by atoms with Gasteiger partial charge in [-0.2, -0.15) is 0 Å². The maximum Gasteiger partial charge on any atom is 0.110 e. The predicted octanol–water partition coefficient (Wildman–Crippen LogP) is 1.05. The lowest BCUT2D eigenvalue weighted by Gasteiger charge is -2.53. The average molecular weight is 237 g/mol. The van der Waals surface area contributed by atoms with Crippen molar-refractivity contribution in [1.82, 2.24) is 4.90 Å². The van der Waals surface area contributed by atoms with E-state index in [1.165, 1.54) is 32.5 Å². The van der Waals surface area contributed by atoms with Crippen LogP contribution < -0.4 is 0 Å². The van der Waals surface area contributed by atoms with Crippen molar-refractivity contribution >= 4 is 0 Å². The van der Waals surface area contributed by atoms with Crippen molar-refractivity contribution in [3.63, 3.8) is 0 Å². The third-order valence-electron chi connectivity index (χ3n) is 5.30. The first kappa shape index (κ1) is 11.7. The molecule has 1 N–H and O–H groups in total. The lowest BCUT2D eigenvalue weighted by molar-refractivity contribution is -0.896. The highest BCUT2D eigenvalue weighted by Gasteiger charge is 2.46. The zero-order chi connectivity index (χ0) is 12.0. The molecule has 4 unspecified atom stereocenters. The molecule has 4 heterocycles. The Bertz CT molecular complexity index is 322. The van der Waals surface area contributed by atoms with Crippen LogP contribution in [0.4, 0.5) is 0 Å². The second-order valence-electron chi connectivity index (χ2n) is 6.50. The lowest BCUT2D eigenvalue weighted by Crippen LogP contribution is -2.65. The molecule has 0 radical (unpaired) electrons.